The van der Waals surface area contributed by atoms with Crippen LogP contribution in [0.5, 0.6) is 0 Å². The molecule has 3 aromatic rings. The molecule has 1 aromatic heterocycles. The minimum absolute atomic E-state index is 0.0245. The predicted molar refractivity (Wildman–Crippen MR) is 115 cm³/mol. The van der Waals surface area contributed by atoms with Gasteiger partial charge in [-0.15, -0.1) is 0 Å². The number of hydroxylamine groups is 1. The molecule has 0 radical (unpaired) electrons. The van der Waals surface area contributed by atoms with Crippen molar-refractivity contribution in [3.63, 3.8) is 0 Å². The molecular weight excluding hydrogens is 394 g/mol. The maximum atomic E-state index is 13.0. The number of amides is 2. The van der Waals surface area contributed by atoms with E-state index < -0.39 is 0 Å². The molecule has 0 bridgehead atoms. The summed E-state index contributed by atoms with van der Waals surface area (Å²) in [5, 5.41) is 1.03. The van der Waals surface area contributed by atoms with E-state index in [1.807, 2.05) is 47.5 Å². The Morgan fingerprint density at radius 3 is 2.84 bits per heavy atom. The topological polar surface area (TPSA) is 83.7 Å². The lowest BCUT2D eigenvalue weighted by Gasteiger charge is -2.29. The smallest absolute Gasteiger partial charge is 0.274 e. The average molecular weight is 419 g/mol. The normalized spacial score (nSPS) is 18.6. The lowest BCUT2D eigenvalue weighted by atomic mass is 9.96. The summed E-state index contributed by atoms with van der Waals surface area (Å²) >= 11 is 0. The number of carbonyl (C=O) groups excluding carboxylic acids is 2. The van der Waals surface area contributed by atoms with Crippen molar-refractivity contribution in [2.45, 2.75) is 38.5 Å². The standard InChI is InChI=1S/C24H25N3O4/c28-23(26-31-22-3-1-2-12-30-22)18-4-5-20-15-27(11-9-16(20)13-18)24(29)19-6-7-21-17(14-19)8-10-25-21/h4-8,10,13-14,22,25H,1-3,9,11-12,15H2,(H,26,28). The van der Waals surface area contributed by atoms with Gasteiger partial charge < -0.3 is 14.6 Å². The van der Waals surface area contributed by atoms with Crippen LogP contribution in [0.4, 0.5) is 0 Å². The highest BCUT2D eigenvalue weighted by Gasteiger charge is 2.23. The average Bonchev–Trinajstić information content (AvgIpc) is 3.30. The summed E-state index contributed by atoms with van der Waals surface area (Å²) in [6.45, 7) is 1.82. The summed E-state index contributed by atoms with van der Waals surface area (Å²) in [7, 11) is 0. The van der Waals surface area contributed by atoms with Crippen LogP contribution in [0, 0.1) is 0 Å². The number of nitrogens with one attached hydrogen (secondary N) is 2. The zero-order chi connectivity index (χ0) is 21.2. The van der Waals surface area contributed by atoms with Crippen molar-refractivity contribution in [3.05, 3.63) is 70.9 Å². The van der Waals surface area contributed by atoms with Crippen molar-refractivity contribution in [1.82, 2.24) is 15.4 Å². The number of aromatic amines is 1. The number of hydrogen-bond acceptors (Lipinski definition) is 4. The van der Waals surface area contributed by atoms with Gasteiger partial charge in [0.1, 0.15) is 0 Å². The van der Waals surface area contributed by atoms with Gasteiger partial charge in [-0.2, -0.15) is 0 Å². The molecule has 7 nitrogen and oxygen atoms in total. The fourth-order valence-electron chi connectivity index (χ4n) is 4.22. The first-order valence-electron chi connectivity index (χ1n) is 10.7. The molecule has 1 unspecified atom stereocenters. The summed E-state index contributed by atoms with van der Waals surface area (Å²) in [5.74, 6) is -0.258. The molecule has 1 saturated heterocycles. The summed E-state index contributed by atoms with van der Waals surface area (Å²) in [5.41, 5.74) is 6.92. The molecule has 2 aliphatic rings. The van der Waals surface area contributed by atoms with Crippen LogP contribution in [0.25, 0.3) is 10.9 Å². The second kappa shape index (κ2) is 8.53. The van der Waals surface area contributed by atoms with Crippen molar-refractivity contribution in [2.75, 3.05) is 13.2 Å². The third kappa shape index (κ3) is 4.19. The van der Waals surface area contributed by atoms with E-state index in [0.29, 0.717) is 37.2 Å². The summed E-state index contributed by atoms with van der Waals surface area (Å²) < 4.78 is 5.47. The second-order valence-electron chi connectivity index (χ2n) is 8.09. The zero-order valence-electron chi connectivity index (χ0n) is 17.2. The number of hydrogen-bond donors (Lipinski definition) is 2. The highest BCUT2D eigenvalue weighted by atomic mass is 16.8. The largest absolute Gasteiger partial charge is 0.361 e. The Bertz CT molecular complexity index is 1120. The molecule has 0 aliphatic carbocycles. The predicted octanol–water partition coefficient (Wildman–Crippen LogP) is 3.55. The van der Waals surface area contributed by atoms with Gasteiger partial charge in [0, 0.05) is 54.3 Å². The van der Waals surface area contributed by atoms with E-state index in [9.17, 15) is 9.59 Å². The zero-order valence-corrected chi connectivity index (χ0v) is 17.2. The second-order valence-corrected chi connectivity index (χ2v) is 8.09. The van der Waals surface area contributed by atoms with Gasteiger partial charge in [-0.1, -0.05) is 6.07 Å². The highest BCUT2D eigenvalue weighted by Crippen LogP contribution is 2.23. The van der Waals surface area contributed by atoms with Gasteiger partial charge in [-0.25, -0.2) is 10.3 Å². The number of fused-ring (bicyclic) bond motifs is 2. The minimum atomic E-state index is -0.375. The Morgan fingerprint density at radius 2 is 1.97 bits per heavy atom. The van der Waals surface area contributed by atoms with Crippen LogP contribution in [-0.2, 0) is 22.5 Å². The van der Waals surface area contributed by atoms with E-state index in [-0.39, 0.29) is 18.1 Å². The summed E-state index contributed by atoms with van der Waals surface area (Å²) in [6, 6.07) is 13.3. The highest BCUT2D eigenvalue weighted by molar-refractivity contribution is 5.98. The molecule has 3 heterocycles. The SMILES string of the molecule is O=C(NOC1CCCCO1)c1ccc2c(c1)CCN(C(=O)c1ccc3[nH]ccc3c1)C2. The summed E-state index contributed by atoms with van der Waals surface area (Å²) in [6.07, 6.45) is 5.05. The molecule has 160 valence electrons. The van der Waals surface area contributed by atoms with Crippen LogP contribution in [-0.4, -0.2) is 41.1 Å². The fraction of sp³-hybridized carbons (Fsp3) is 0.333. The number of H-pyrrole nitrogens is 1. The lowest BCUT2D eigenvalue weighted by molar-refractivity contribution is -0.186. The number of benzene rings is 2. The Labute approximate surface area is 180 Å². The monoisotopic (exact) mass is 419 g/mol. The Morgan fingerprint density at radius 1 is 1.06 bits per heavy atom. The molecule has 2 aliphatic heterocycles. The molecule has 2 aromatic carbocycles. The van der Waals surface area contributed by atoms with Crippen molar-refractivity contribution in [3.8, 4) is 0 Å². The van der Waals surface area contributed by atoms with Crippen LogP contribution in [0.1, 0.15) is 51.1 Å². The first kappa shape index (κ1) is 19.8. The third-order valence-electron chi connectivity index (χ3n) is 5.99. The van der Waals surface area contributed by atoms with E-state index in [4.69, 9.17) is 9.57 Å². The van der Waals surface area contributed by atoms with Crippen LogP contribution >= 0.6 is 0 Å². The molecule has 0 saturated carbocycles. The number of rotatable bonds is 4. The minimum Gasteiger partial charge on any atom is -0.361 e. The Kier molecular flexibility index (Phi) is 5.44. The van der Waals surface area contributed by atoms with Gasteiger partial charge >= 0.3 is 0 Å². The van der Waals surface area contributed by atoms with Gasteiger partial charge in [-0.3, -0.25) is 9.59 Å². The number of ether oxygens (including phenoxy) is 1. The third-order valence-corrected chi connectivity index (χ3v) is 5.99. The van der Waals surface area contributed by atoms with Gasteiger partial charge in [0.15, 0.2) is 6.29 Å². The van der Waals surface area contributed by atoms with E-state index in [2.05, 4.69) is 10.5 Å². The lowest BCUT2D eigenvalue weighted by Crippen LogP contribution is -2.36. The Balaban J connectivity index is 1.24. The van der Waals surface area contributed by atoms with Crippen molar-refractivity contribution >= 4 is 22.7 Å². The van der Waals surface area contributed by atoms with E-state index in [1.165, 1.54) is 0 Å². The molecule has 7 heteroatoms. The first-order valence-corrected chi connectivity index (χ1v) is 10.7. The molecule has 1 fully saturated rings. The maximum absolute atomic E-state index is 13.0. The first-order chi connectivity index (χ1) is 15.2. The van der Waals surface area contributed by atoms with Crippen LogP contribution in [0.3, 0.4) is 0 Å². The number of carbonyl (C=O) groups is 2. The quantitative estimate of drug-likeness (QED) is 0.634. The van der Waals surface area contributed by atoms with Crippen molar-refractivity contribution < 1.29 is 19.2 Å². The van der Waals surface area contributed by atoms with Gasteiger partial charge in [-0.05, 0) is 66.8 Å². The number of aromatic nitrogens is 1. The molecule has 2 amide bonds. The Hall–Kier alpha value is -3.16. The van der Waals surface area contributed by atoms with Crippen LogP contribution in [0.2, 0.25) is 0 Å². The van der Waals surface area contributed by atoms with Gasteiger partial charge in [0.2, 0.25) is 0 Å². The molecule has 1 atom stereocenters. The van der Waals surface area contributed by atoms with E-state index in [0.717, 1.165) is 41.3 Å². The van der Waals surface area contributed by atoms with Crippen LogP contribution < -0.4 is 5.48 Å². The fourth-order valence-corrected chi connectivity index (χ4v) is 4.22. The van der Waals surface area contributed by atoms with Crippen molar-refractivity contribution in [1.29, 1.82) is 0 Å². The van der Waals surface area contributed by atoms with Gasteiger partial charge in [0.05, 0.1) is 0 Å². The number of nitrogens with zero attached hydrogens (tertiary/aromatic N) is 1. The van der Waals surface area contributed by atoms with Crippen molar-refractivity contribution in [2.24, 2.45) is 0 Å². The maximum Gasteiger partial charge on any atom is 0.274 e. The van der Waals surface area contributed by atoms with Gasteiger partial charge in [0.25, 0.3) is 11.8 Å². The molecular formula is C24H25N3O4. The van der Waals surface area contributed by atoms with E-state index in [1.54, 1.807) is 6.07 Å². The van der Waals surface area contributed by atoms with Crippen LogP contribution in [0.15, 0.2) is 48.7 Å². The van der Waals surface area contributed by atoms with E-state index >= 15 is 0 Å². The summed E-state index contributed by atoms with van der Waals surface area (Å²) in [4.78, 5) is 35.9. The molecule has 31 heavy (non-hydrogen) atoms. The molecule has 2 N–H and O–H groups in total. The molecule has 5 rings (SSSR count). The molecule has 0 spiro atoms.